The van der Waals surface area contributed by atoms with E-state index in [4.69, 9.17) is 0 Å². The van der Waals surface area contributed by atoms with Crippen molar-refractivity contribution in [1.29, 1.82) is 0 Å². The highest BCUT2D eigenvalue weighted by Gasteiger charge is 2.13. The van der Waals surface area contributed by atoms with Crippen molar-refractivity contribution in [2.75, 3.05) is 23.8 Å². The molecule has 1 heterocycles. The minimum Gasteiger partial charge on any atom is -0.374 e. The van der Waals surface area contributed by atoms with Crippen LogP contribution in [-0.4, -0.2) is 24.5 Å². The van der Waals surface area contributed by atoms with Crippen LogP contribution in [0.5, 0.6) is 0 Å². The van der Waals surface area contributed by atoms with Gasteiger partial charge in [0.15, 0.2) is 0 Å². The van der Waals surface area contributed by atoms with E-state index in [0.717, 1.165) is 41.9 Å². The summed E-state index contributed by atoms with van der Waals surface area (Å²) in [6.45, 7) is 9.22. The van der Waals surface area contributed by atoms with E-state index >= 15 is 0 Å². The summed E-state index contributed by atoms with van der Waals surface area (Å²) in [6, 6.07) is 7.94. The van der Waals surface area contributed by atoms with Crippen LogP contribution in [0.25, 0.3) is 0 Å². The van der Waals surface area contributed by atoms with Crippen LogP contribution >= 0.6 is 0 Å². The lowest BCUT2D eigenvalue weighted by atomic mass is 10.0. The standard InChI is InChI=1S/C20H27N3O/c1-6-7-10-23(5)17-8-9-21-18(13-17)20(24)22-19-15(3)11-14(2)12-16(19)4/h8-9,11-13H,6-7,10H2,1-5H3,(H,22,24). The van der Waals surface area contributed by atoms with E-state index in [9.17, 15) is 4.79 Å². The van der Waals surface area contributed by atoms with Gasteiger partial charge < -0.3 is 10.2 Å². The normalized spacial score (nSPS) is 10.5. The molecule has 1 amide bonds. The summed E-state index contributed by atoms with van der Waals surface area (Å²) in [7, 11) is 2.04. The van der Waals surface area contributed by atoms with E-state index in [1.807, 2.05) is 33.0 Å². The fourth-order valence-corrected chi connectivity index (χ4v) is 2.86. The summed E-state index contributed by atoms with van der Waals surface area (Å²) in [5.41, 5.74) is 5.66. The first-order chi connectivity index (χ1) is 11.4. The molecule has 0 aliphatic carbocycles. The quantitative estimate of drug-likeness (QED) is 0.851. The number of nitrogens with one attached hydrogen (secondary N) is 1. The molecule has 24 heavy (non-hydrogen) atoms. The predicted octanol–water partition coefficient (Wildman–Crippen LogP) is 4.50. The Morgan fingerprint density at radius 2 is 1.83 bits per heavy atom. The van der Waals surface area contributed by atoms with Crippen LogP contribution in [0.4, 0.5) is 11.4 Å². The average Bonchev–Trinajstić information content (AvgIpc) is 2.55. The number of benzene rings is 1. The van der Waals surface area contributed by atoms with Crippen molar-refractivity contribution >= 4 is 17.3 Å². The van der Waals surface area contributed by atoms with Gasteiger partial charge in [0, 0.05) is 31.2 Å². The van der Waals surface area contributed by atoms with Crippen LogP contribution in [0.3, 0.4) is 0 Å². The van der Waals surface area contributed by atoms with Crippen LogP contribution in [0.1, 0.15) is 46.9 Å². The Hall–Kier alpha value is -2.36. The molecule has 1 aromatic carbocycles. The van der Waals surface area contributed by atoms with Crippen LogP contribution in [0.15, 0.2) is 30.5 Å². The van der Waals surface area contributed by atoms with Gasteiger partial charge in [-0.25, -0.2) is 0 Å². The number of nitrogens with zero attached hydrogens (tertiary/aromatic N) is 2. The highest BCUT2D eigenvalue weighted by Crippen LogP contribution is 2.23. The number of amides is 1. The van der Waals surface area contributed by atoms with Crippen molar-refractivity contribution in [3.8, 4) is 0 Å². The van der Waals surface area contributed by atoms with Gasteiger partial charge >= 0.3 is 0 Å². The summed E-state index contributed by atoms with van der Waals surface area (Å²) < 4.78 is 0. The number of unbranched alkanes of at least 4 members (excludes halogenated alkanes) is 1. The molecule has 0 saturated carbocycles. The molecule has 0 aliphatic heterocycles. The van der Waals surface area contributed by atoms with Gasteiger partial charge in [-0.1, -0.05) is 31.0 Å². The number of aryl methyl sites for hydroxylation is 3. The van der Waals surface area contributed by atoms with Crippen molar-refractivity contribution in [2.24, 2.45) is 0 Å². The molecule has 0 saturated heterocycles. The van der Waals surface area contributed by atoms with E-state index in [1.54, 1.807) is 6.20 Å². The van der Waals surface area contributed by atoms with Crippen molar-refractivity contribution in [1.82, 2.24) is 4.98 Å². The van der Waals surface area contributed by atoms with Gasteiger partial charge in [-0.15, -0.1) is 0 Å². The molecule has 128 valence electrons. The summed E-state index contributed by atoms with van der Waals surface area (Å²) in [5, 5.41) is 3.01. The molecule has 1 aromatic heterocycles. The number of aromatic nitrogens is 1. The van der Waals surface area contributed by atoms with Crippen LogP contribution < -0.4 is 10.2 Å². The first-order valence-corrected chi connectivity index (χ1v) is 8.48. The molecule has 2 rings (SSSR count). The first-order valence-electron chi connectivity index (χ1n) is 8.48. The smallest absolute Gasteiger partial charge is 0.274 e. The van der Waals surface area contributed by atoms with Gasteiger partial charge in [0.1, 0.15) is 5.69 Å². The maximum absolute atomic E-state index is 12.6. The SMILES string of the molecule is CCCCN(C)c1ccnc(C(=O)Nc2c(C)cc(C)cc2C)c1. The second kappa shape index (κ2) is 7.95. The molecule has 0 spiro atoms. The monoisotopic (exact) mass is 325 g/mol. The summed E-state index contributed by atoms with van der Waals surface area (Å²) >= 11 is 0. The molecule has 0 bridgehead atoms. The predicted molar refractivity (Wildman–Crippen MR) is 101 cm³/mol. The Morgan fingerprint density at radius 1 is 1.17 bits per heavy atom. The number of pyridine rings is 1. The molecule has 0 atom stereocenters. The third-order valence-corrected chi connectivity index (χ3v) is 4.18. The number of hydrogen-bond donors (Lipinski definition) is 1. The Kier molecular flexibility index (Phi) is 5.96. The fourth-order valence-electron chi connectivity index (χ4n) is 2.86. The minimum absolute atomic E-state index is 0.171. The Bertz CT molecular complexity index is 702. The van der Waals surface area contributed by atoms with Crippen molar-refractivity contribution < 1.29 is 4.79 Å². The van der Waals surface area contributed by atoms with Gasteiger partial charge in [0.2, 0.25) is 0 Å². The van der Waals surface area contributed by atoms with Crippen LogP contribution in [0.2, 0.25) is 0 Å². The van der Waals surface area contributed by atoms with E-state index in [0.29, 0.717) is 5.69 Å². The lowest BCUT2D eigenvalue weighted by Crippen LogP contribution is -2.20. The highest BCUT2D eigenvalue weighted by molar-refractivity contribution is 6.04. The zero-order valence-electron chi connectivity index (χ0n) is 15.3. The molecule has 0 aliphatic rings. The number of carbonyl (C=O) groups is 1. The summed E-state index contributed by atoms with van der Waals surface area (Å²) in [5.74, 6) is -0.171. The Balaban J connectivity index is 2.19. The number of hydrogen-bond acceptors (Lipinski definition) is 3. The van der Waals surface area contributed by atoms with E-state index in [2.05, 4.69) is 41.2 Å². The van der Waals surface area contributed by atoms with Crippen molar-refractivity contribution in [3.63, 3.8) is 0 Å². The van der Waals surface area contributed by atoms with E-state index in [-0.39, 0.29) is 5.91 Å². The number of carbonyl (C=O) groups excluding carboxylic acids is 1. The largest absolute Gasteiger partial charge is 0.374 e. The van der Waals surface area contributed by atoms with Gasteiger partial charge in [0.05, 0.1) is 0 Å². The molecule has 0 unspecified atom stereocenters. The molecule has 4 heteroatoms. The molecule has 2 aromatic rings. The number of anilines is 2. The Labute approximate surface area is 144 Å². The summed E-state index contributed by atoms with van der Waals surface area (Å²) in [6.07, 6.45) is 3.97. The first kappa shape index (κ1) is 18.0. The molecule has 1 N–H and O–H groups in total. The van der Waals surface area contributed by atoms with E-state index < -0.39 is 0 Å². The second-order valence-corrected chi connectivity index (χ2v) is 6.40. The average molecular weight is 325 g/mol. The molecule has 0 fully saturated rings. The van der Waals surface area contributed by atoms with Crippen molar-refractivity contribution in [2.45, 2.75) is 40.5 Å². The zero-order chi connectivity index (χ0) is 17.7. The number of rotatable bonds is 6. The van der Waals surface area contributed by atoms with Gasteiger partial charge in [-0.2, -0.15) is 0 Å². The van der Waals surface area contributed by atoms with Crippen LogP contribution in [0, 0.1) is 20.8 Å². The van der Waals surface area contributed by atoms with Gasteiger partial charge in [-0.05, 0) is 50.5 Å². The highest BCUT2D eigenvalue weighted by atomic mass is 16.1. The summed E-state index contributed by atoms with van der Waals surface area (Å²) in [4.78, 5) is 19.0. The maximum Gasteiger partial charge on any atom is 0.274 e. The molecule has 0 radical (unpaired) electrons. The Morgan fingerprint density at radius 3 is 2.46 bits per heavy atom. The minimum atomic E-state index is -0.171. The van der Waals surface area contributed by atoms with Crippen LogP contribution in [-0.2, 0) is 0 Å². The lowest BCUT2D eigenvalue weighted by molar-refractivity contribution is 0.102. The zero-order valence-corrected chi connectivity index (χ0v) is 15.3. The fraction of sp³-hybridized carbons (Fsp3) is 0.400. The second-order valence-electron chi connectivity index (χ2n) is 6.40. The van der Waals surface area contributed by atoms with E-state index in [1.165, 1.54) is 5.56 Å². The molecule has 4 nitrogen and oxygen atoms in total. The van der Waals surface area contributed by atoms with Gasteiger partial charge in [-0.3, -0.25) is 9.78 Å². The third-order valence-electron chi connectivity index (χ3n) is 4.18. The lowest BCUT2D eigenvalue weighted by Gasteiger charge is -2.19. The van der Waals surface area contributed by atoms with Gasteiger partial charge in [0.25, 0.3) is 5.91 Å². The molecular formula is C20H27N3O. The third kappa shape index (κ3) is 4.34. The topological polar surface area (TPSA) is 45.2 Å². The van der Waals surface area contributed by atoms with Crippen molar-refractivity contribution in [3.05, 3.63) is 52.8 Å². The molecular weight excluding hydrogens is 298 g/mol. The maximum atomic E-state index is 12.6.